The first-order valence-corrected chi connectivity index (χ1v) is 9.22. The minimum atomic E-state index is -0.269. The second kappa shape index (κ2) is 6.42. The quantitative estimate of drug-likeness (QED) is 0.765. The average Bonchev–Trinajstić information content (AvgIpc) is 3.03. The molecule has 122 valence electrons. The lowest BCUT2D eigenvalue weighted by atomic mass is 9.87. The third-order valence-electron chi connectivity index (χ3n) is 4.93. The molecule has 1 aromatic heterocycles. The summed E-state index contributed by atoms with van der Waals surface area (Å²) in [5, 5.41) is 2.24. The van der Waals surface area contributed by atoms with Crippen LogP contribution in [0.15, 0.2) is 41.8 Å². The van der Waals surface area contributed by atoms with Gasteiger partial charge in [0, 0.05) is 4.78 Å². The van der Waals surface area contributed by atoms with Crippen LogP contribution in [0, 0.1) is 0 Å². The van der Waals surface area contributed by atoms with E-state index in [1.165, 1.54) is 22.3 Å². The largest absolute Gasteiger partial charge is 0.505 e. The molecule has 0 bridgehead atoms. The van der Waals surface area contributed by atoms with E-state index in [1.807, 2.05) is 0 Å². The van der Waals surface area contributed by atoms with E-state index in [1.54, 1.807) is 11.3 Å². The van der Waals surface area contributed by atoms with E-state index in [2.05, 4.69) is 69.5 Å². The zero-order valence-electron chi connectivity index (χ0n) is 14.5. The second-order valence-corrected chi connectivity index (χ2v) is 8.23. The molecule has 0 N–H and O–H groups in total. The summed E-state index contributed by atoms with van der Waals surface area (Å²) in [6.45, 7) is 8.39. The van der Waals surface area contributed by atoms with E-state index in [0.29, 0.717) is 0 Å². The summed E-state index contributed by atoms with van der Waals surface area (Å²) in [6.07, 6.45) is 3.40. The van der Waals surface area contributed by atoms with Crippen LogP contribution >= 0.6 is 11.3 Å². The van der Waals surface area contributed by atoms with Crippen LogP contribution in [0.3, 0.4) is 0 Å². The molecule has 2 heterocycles. The van der Waals surface area contributed by atoms with Crippen LogP contribution < -0.4 is 4.78 Å². The Hall–Kier alpha value is -1.10. The normalized spacial score (nSPS) is 19.2. The average molecular weight is 328 g/mol. The smallest absolute Gasteiger partial charge is 0.399 e. The number of aryl methyl sites for hydroxylation is 2. The molecule has 3 rings (SSSR count). The molecule has 0 saturated carbocycles. The summed E-state index contributed by atoms with van der Waals surface area (Å²) in [5.41, 5.74) is 2.26. The van der Waals surface area contributed by atoms with E-state index in [4.69, 9.17) is 9.31 Å². The molecule has 1 saturated heterocycles. The molecule has 1 aliphatic rings. The summed E-state index contributed by atoms with van der Waals surface area (Å²) >= 11 is 1.74. The summed E-state index contributed by atoms with van der Waals surface area (Å²) in [6, 6.07) is 12.9. The fourth-order valence-corrected chi connectivity index (χ4v) is 3.65. The van der Waals surface area contributed by atoms with Crippen molar-refractivity contribution in [2.24, 2.45) is 0 Å². The SMILES string of the molecule is CC1(C)OB(c2cc(CCCc3ccccc3)cs2)OC1(C)C. The Morgan fingerprint density at radius 3 is 2.17 bits per heavy atom. The van der Waals surface area contributed by atoms with Gasteiger partial charge in [-0.05, 0) is 69.5 Å². The summed E-state index contributed by atoms with van der Waals surface area (Å²) in [7, 11) is -0.229. The van der Waals surface area contributed by atoms with E-state index in [-0.39, 0.29) is 18.3 Å². The molecular weight excluding hydrogens is 303 g/mol. The Bertz CT molecular complexity index is 632. The van der Waals surface area contributed by atoms with Crippen LogP contribution in [0.1, 0.15) is 45.2 Å². The van der Waals surface area contributed by atoms with Crippen LogP contribution in [0.4, 0.5) is 0 Å². The highest BCUT2D eigenvalue weighted by molar-refractivity contribution is 7.20. The molecule has 2 nitrogen and oxygen atoms in total. The van der Waals surface area contributed by atoms with Crippen molar-refractivity contribution in [1.82, 2.24) is 0 Å². The van der Waals surface area contributed by atoms with Crippen LogP contribution in [0.25, 0.3) is 0 Å². The summed E-state index contributed by atoms with van der Waals surface area (Å²) in [5.74, 6) is 0. The molecule has 1 fully saturated rings. The second-order valence-electron chi connectivity index (χ2n) is 7.28. The van der Waals surface area contributed by atoms with E-state index in [0.717, 1.165) is 12.8 Å². The number of benzene rings is 1. The maximum Gasteiger partial charge on any atom is 0.505 e. The molecule has 0 spiro atoms. The van der Waals surface area contributed by atoms with E-state index < -0.39 is 0 Å². The van der Waals surface area contributed by atoms with Crippen molar-refractivity contribution in [2.75, 3.05) is 0 Å². The lowest BCUT2D eigenvalue weighted by Crippen LogP contribution is -2.41. The maximum absolute atomic E-state index is 6.13. The van der Waals surface area contributed by atoms with Crippen LogP contribution in [0.2, 0.25) is 0 Å². The predicted molar refractivity (Wildman–Crippen MR) is 98.5 cm³/mol. The maximum atomic E-state index is 6.13. The van der Waals surface area contributed by atoms with Crippen molar-refractivity contribution in [2.45, 2.75) is 58.2 Å². The Morgan fingerprint density at radius 1 is 0.913 bits per heavy atom. The highest BCUT2D eigenvalue weighted by Gasteiger charge is 2.52. The van der Waals surface area contributed by atoms with Crippen molar-refractivity contribution >= 4 is 23.2 Å². The van der Waals surface area contributed by atoms with Gasteiger partial charge in [0.15, 0.2) is 0 Å². The molecular formula is C19H25BO2S. The first kappa shape index (κ1) is 16.8. The van der Waals surface area contributed by atoms with Gasteiger partial charge in [0.25, 0.3) is 0 Å². The van der Waals surface area contributed by atoms with Gasteiger partial charge in [-0.15, -0.1) is 0 Å². The molecule has 23 heavy (non-hydrogen) atoms. The van der Waals surface area contributed by atoms with Gasteiger partial charge >= 0.3 is 7.12 Å². The van der Waals surface area contributed by atoms with Crippen molar-refractivity contribution in [3.63, 3.8) is 0 Å². The Morgan fingerprint density at radius 2 is 1.52 bits per heavy atom. The Labute approximate surface area is 144 Å². The third kappa shape index (κ3) is 3.71. The standard InChI is InChI=1S/C19H25BO2S/c1-18(2)19(3,4)22-20(21-18)17-13-16(14-23-17)12-8-11-15-9-6-5-7-10-15/h5-7,9-10,13-14H,8,11-12H2,1-4H3. The Kier molecular flexibility index (Phi) is 4.68. The van der Waals surface area contributed by atoms with Gasteiger partial charge in [-0.1, -0.05) is 30.3 Å². The lowest BCUT2D eigenvalue weighted by Gasteiger charge is -2.32. The van der Waals surface area contributed by atoms with E-state index >= 15 is 0 Å². The fourth-order valence-electron chi connectivity index (χ4n) is 2.75. The topological polar surface area (TPSA) is 18.5 Å². The molecule has 2 aromatic rings. The highest BCUT2D eigenvalue weighted by atomic mass is 32.1. The Balaban J connectivity index is 1.57. The fraction of sp³-hybridized carbons (Fsp3) is 0.474. The number of thiophene rings is 1. The molecule has 0 amide bonds. The minimum Gasteiger partial charge on any atom is -0.399 e. The van der Waals surface area contributed by atoms with Crippen molar-refractivity contribution in [1.29, 1.82) is 0 Å². The molecule has 0 atom stereocenters. The molecule has 0 aliphatic carbocycles. The van der Waals surface area contributed by atoms with Gasteiger partial charge in [0.2, 0.25) is 0 Å². The lowest BCUT2D eigenvalue weighted by molar-refractivity contribution is 0.00578. The van der Waals surface area contributed by atoms with Gasteiger partial charge in [-0.25, -0.2) is 0 Å². The molecule has 0 radical (unpaired) electrons. The molecule has 1 aliphatic heterocycles. The van der Waals surface area contributed by atoms with Crippen molar-refractivity contribution in [3.05, 3.63) is 52.9 Å². The van der Waals surface area contributed by atoms with Gasteiger partial charge in [-0.3, -0.25) is 0 Å². The predicted octanol–water partition coefficient (Wildman–Crippen LogP) is 4.22. The van der Waals surface area contributed by atoms with Gasteiger partial charge < -0.3 is 9.31 Å². The van der Waals surface area contributed by atoms with Crippen LogP contribution in [0.5, 0.6) is 0 Å². The minimum absolute atomic E-state index is 0.229. The van der Waals surface area contributed by atoms with Gasteiger partial charge in [0.05, 0.1) is 11.2 Å². The van der Waals surface area contributed by atoms with Crippen LogP contribution in [-0.4, -0.2) is 18.3 Å². The number of hydrogen-bond acceptors (Lipinski definition) is 3. The first-order chi connectivity index (χ1) is 10.9. The van der Waals surface area contributed by atoms with Gasteiger partial charge in [-0.2, -0.15) is 11.3 Å². The first-order valence-electron chi connectivity index (χ1n) is 8.34. The monoisotopic (exact) mass is 328 g/mol. The van der Waals surface area contributed by atoms with Crippen molar-refractivity contribution in [3.8, 4) is 0 Å². The van der Waals surface area contributed by atoms with E-state index in [9.17, 15) is 0 Å². The third-order valence-corrected chi connectivity index (χ3v) is 5.94. The number of rotatable bonds is 5. The summed E-state index contributed by atoms with van der Waals surface area (Å²) in [4.78, 5) is 0. The molecule has 0 unspecified atom stereocenters. The van der Waals surface area contributed by atoms with Crippen molar-refractivity contribution < 1.29 is 9.31 Å². The number of hydrogen-bond donors (Lipinski definition) is 0. The van der Waals surface area contributed by atoms with Crippen LogP contribution in [-0.2, 0) is 22.2 Å². The summed E-state index contributed by atoms with van der Waals surface area (Å²) < 4.78 is 13.4. The molecule has 4 heteroatoms. The zero-order valence-corrected chi connectivity index (χ0v) is 15.3. The zero-order chi connectivity index (χ0) is 16.5. The molecule has 1 aromatic carbocycles. The highest BCUT2D eigenvalue weighted by Crippen LogP contribution is 2.36. The van der Waals surface area contributed by atoms with Gasteiger partial charge in [0.1, 0.15) is 0 Å².